The zero-order valence-corrected chi connectivity index (χ0v) is 15.8. The van der Waals surface area contributed by atoms with Gasteiger partial charge in [0.05, 0.1) is 58.8 Å². The lowest BCUT2D eigenvalue weighted by atomic mass is 10.3. The average molecular weight is 362 g/mol. The Hall–Kier alpha value is -1.06. The van der Waals surface area contributed by atoms with Gasteiger partial charge in [-0.3, -0.25) is 9.59 Å². The molecule has 0 aromatic heterocycles. The molecule has 0 radical (unpaired) electrons. The Labute approximate surface area is 150 Å². The normalized spacial score (nSPS) is 11.0. The first kappa shape index (κ1) is 23.9. The molecule has 0 unspecified atom stereocenters. The first-order chi connectivity index (χ1) is 12.1. The van der Waals surface area contributed by atoms with E-state index in [0.29, 0.717) is 59.3 Å². The second-order valence-electron chi connectivity index (χ2n) is 5.29. The predicted octanol–water partition coefficient (Wildman–Crippen LogP) is 0.146. The van der Waals surface area contributed by atoms with E-state index in [1.807, 2.05) is 13.8 Å². The van der Waals surface area contributed by atoms with Crippen LogP contribution in [0.25, 0.3) is 0 Å². The highest BCUT2D eigenvalue weighted by atomic mass is 16.5. The van der Waals surface area contributed by atoms with Gasteiger partial charge in [0, 0.05) is 19.6 Å². The van der Waals surface area contributed by atoms with E-state index in [1.165, 1.54) is 0 Å². The summed E-state index contributed by atoms with van der Waals surface area (Å²) in [6.07, 6.45) is 0.414. The summed E-state index contributed by atoms with van der Waals surface area (Å²) in [5.74, 6) is -0.223. The standard InChI is InChI=1S/C17H34N2O6/c1-4-16(20)11-19-17(21)12-18-15(13-24-9-7-22-5-2)14-25-10-8-23-6-3/h15,18H,4-14H2,1-3H3,(H,19,21). The summed E-state index contributed by atoms with van der Waals surface area (Å²) in [4.78, 5) is 23.0. The second kappa shape index (κ2) is 17.8. The van der Waals surface area contributed by atoms with Gasteiger partial charge in [-0.2, -0.15) is 0 Å². The molecule has 0 heterocycles. The molecule has 0 spiro atoms. The number of nitrogens with one attached hydrogen (secondary N) is 2. The predicted molar refractivity (Wildman–Crippen MR) is 94.7 cm³/mol. The number of carbonyl (C=O) groups excluding carboxylic acids is 2. The number of hydrogen-bond acceptors (Lipinski definition) is 7. The van der Waals surface area contributed by atoms with Crippen LogP contribution in [0.5, 0.6) is 0 Å². The molecule has 0 fully saturated rings. The minimum Gasteiger partial charge on any atom is -0.379 e. The molecular weight excluding hydrogens is 328 g/mol. The maximum atomic E-state index is 11.8. The van der Waals surface area contributed by atoms with Gasteiger partial charge in [0.25, 0.3) is 0 Å². The third-order valence-corrected chi connectivity index (χ3v) is 3.22. The number of ether oxygens (including phenoxy) is 4. The summed E-state index contributed by atoms with van der Waals surface area (Å²) in [7, 11) is 0. The Kier molecular flexibility index (Phi) is 17.0. The van der Waals surface area contributed by atoms with Crippen molar-refractivity contribution in [2.75, 3.05) is 65.9 Å². The lowest BCUT2D eigenvalue weighted by Crippen LogP contribution is -2.44. The number of Topliss-reactive ketones (excluding diaryl/α,β-unsaturated/α-hetero) is 1. The molecule has 0 aliphatic rings. The average Bonchev–Trinajstić information content (AvgIpc) is 2.62. The van der Waals surface area contributed by atoms with E-state index in [-0.39, 0.29) is 30.8 Å². The lowest BCUT2D eigenvalue weighted by molar-refractivity contribution is -0.124. The quantitative estimate of drug-likeness (QED) is 0.335. The fraction of sp³-hybridized carbons (Fsp3) is 0.882. The zero-order valence-electron chi connectivity index (χ0n) is 15.8. The lowest BCUT2D eigenvalue weighted by Gasteiger charge is -2.19. The highest BCUT2D eigenvalue weighted by molar-refractivity contribution is 5.86. The summed E-state index contributed by atoms with van der Waals surface area (Å²) in [6.45, 7) is 9.96. The molecule has 0 aromatic rings. The van der Waals surface area contributed by atoms with E-state index < -0.39 is 0 Å². The van der Waals surface area contributed by atoms with Crippen molar-refractivity contribution in [1.82, 2.24) is 10.6 Å². The molecule has 0 aromatic carbocycles. The molecule has 25 heavy (non-hydrogen) atoms. The van der Waals surface area contributed by atoms with Crippen LogP contribution in [0, 0.1) is 0 Å². The van der Waals surface area contributed by atoms with Gasteiger partial charge in [0.1, 0.15) is 0 Å². The van der Waals surface area contributed by atoms with Gasteiger partial charge in [-0.15, -0.1) is 0 Å². The van der Waals surface area contributed by atoms with Crippen LogP contribution in [0.4, 0.5) is 0 Å². The molecule has 0 aliphatic heterocycles. The number of carbonyl (C=O) groups is 2. The first-order valence-corrected chi connectivity index (χ1v) is 8.96. The topological polar surface area (TPSA) is 95.1 Å². The van der Waals surface area contributed by atoms with Crippen molar-refractivity contribution < 1.29 is 28.5 Å². The number of ketones is 1. The maximum absolute atomic E-state index is 11.8. The molecule has 148 valence electrons. The van der Waals surface area contributed by atoms with Crippen LogP contribution < -0.4 is 10.6 Å². The van der Waals surface area contributed by atoms with Crippen LogP contribution >= 0.6 is 0 Å². The SMILES string of the molecule is CCOCCOCC(COCCOCC)NCC(=O)NCC(=O)CC. The van der Waals surface area contributed by atoms with Crippen LogP contribution in [0.1, 0.15) is 27.2 Å². The number of rotatable bonds is 18. The van der Waals surface area contributed by atoms with Gasteiger partial charge >= 0.3 is 0 Å². The van der Waals surface area contributed by atoms with Crippen molar-refractivity contribution in [1.29, 1.82) is 0 Å². The van der Waals surface area contributed by atoms with E-state index >= 15 is 0 Å². The van der Waals surface area contributed by atoms with Crippen molar-refractivity contribution in [3.8, 4) is 0 Å². The van der Waals surface area contributed by atoms with Crippen LogP contribution in [0.15, 0.2) is 0 Å². The molecule has 0 rings (SSSR count). The molecule has 0 saturated carbocycles. The molecule has 1 amide bonds. The maximum Gasteiger partial charge on any atom is 0.234 e. The molecule has 2 N–H and O–H groups in total. The molecule has 0 bridgehead atoms. The summed E-state index contributed by atoms with van der Waals surface area (Å²) >= 11 is 0. The highest BCUT2D eigenvalue weighted by Crippen LogP contribution is 1.91. The summed E-state index contributed by atoms with van der Waals surface area (Å²) < 4.78 is 21.5. The number of amides is 1. The molecular formula is C17H34N2O6. The van der Waals surface area contributed by atoms with Gasteiger partial charge in [-0.05, 0) is 13.8 Å². The Morgan fingerprint density at radius 1 is 0.800 bits per heavy atom. The molecule has 8 heteroatoms. The highest BCUT2D eigenvalue weighted by Gasteiger charge is 2.12. The fourth-order valence-electron chi connectivity index (χ4n) is 1.76. The number of hydrogen-bond donors (Lipinski definition) is 2. The van der Waals surface area contributed by atoms with Crippen LogP contribution in [-0.2, 0) is 28.5 Å². The van der Waals surface area contributed by atoms with Crippen molar-refractivity contribution in [2.24, 2.45) is 0 Å². The smallest absolute Gasteiger partial charge is 0.234 e. The van der Waals surface area contributed by atoms with E-state index in [2.05, 4.69) is 10.6 Å². The van der Waals surface area contributed by atoms with Gasteiger partial charge in [0.15, 0.2) is 5.78 Å². The molecule has 0 saturated heterocycles. The third kappa shape index (κ3) is 16.2. The minimum absolute atomic E-state index is 0.00316. The van der Waals surface area contributed by atoms with Crippen LogP contribution in [-0.4, -0.2) is 83.7 Å². The van der Waals surface area contributed by atoms with E-state index in [1.54, 1.807) is 6.92 Å². The summed E-state index contributed by atoms with van der Waals surface area (Å²) in [5, 5.41) is 5.67. The third-order valence-electron chi connectivity index (χ3n) is 3.22. The van der Waals surface area contributed by atoms with Crippen molar-refractivity contribution >= 4 is 11.7 Å². The largest absolute Gasteiger partial charge is 0.379 e. The second-order valence-corrected chi connectivity index (χ2v) is 5.29. The van der Waals surface area contributed by atoms with E-state index in [9.17, 15) is 9.59 Å². The van der Waals surface area contributed by atoms with Gasteiger partial charge in [0.2, 0.25) is 5.91 Å². The summed E-state index contributed by atoms with van der Waals surface area (Å²) in [6, 6.07) is -0.129. The van der Waals surface area contributed by atoms with Crippen LogP contribution in [0.2, 0.25) is 0 Å². The Morgan fingerprint density at radius 3 is 1.80 bits per heavy atom. The minimum atomic E-state index is -0.226. The Balaban J connectivity index is 4.04. The van der Waals surface area contributed by atoms with Crippen LogP contribution in [0.3, 0.4) is 0 Å². The van der Waals surface area contributed by atoms with E-state index in [4.69, 9.17) is 18.9 Å². The Bertz CT molecular complexity index is 327. The van der Waals surface area contributed by atoms with Gasteiger partial charge in [-0.1, -0.05) is 6.92 Å². The van der Waals surface area contributed by atoms with Crippen molar-refractivity contribution in [3.05, 3.63) is 0 Å². The Morgan fingerprint density at radius 2 is 1.32 bits per heavy atom. The molecule has 8 nitrogen and oxygen atoms in total. The van der Waals surface area contributed by atoms with Crippen molar-refractivity contribution in [3.63, 3.8) is 0 Å². The first-order valence-electron chi connectivity index (χ1n) is 8.96. The monoisotopic (exact) mass is 362 g/mol. The molecule has 0 atom stereocenters. The van der Waals surface area contributed by atoms with Crippen molar-refractivity contribution in [2.45, 2.75) is 33.2 Å². The van der Waals surface area contributed by atoms with E-state index in [0.717, 1.165) is 0 Å². The fourth-order valence-corrected chi connectivity index (χ4v) is 1.76. The summed E-state index contributed by atoms with van der Waals surface area (Å²) in [5.41, 5.74) is 0. The zero-order chi connectivity index (χ0) is 18.8. The van der Waals surface area contributed by atoms with Gasteiger partial charge in [-0.25, -0.2) is 0 Å². The van der Waals surface area contributed by atoms with Gasteiger partial charge < -0.3 is 29.6 Å². The molecule has 0 aliphatic carbocycles.